The monoisotopic (exact) mass is 204 g/mol. The highest BCUT2D eigenvalue weighted by Gasteiger charge is 2.04. The maximum atomic E-state index is 10.2. The van der Waals surface area contributed by atoms with Gasteiger partial charge in [-0.25, -0.2) is 0 Å². The van der Waals surface area contributed by atoms with Crippen LogP contribution in [0.1, 0.15) is 0 Å². The van der Waals surface area contributed by atoms with Crippen LogP contribution in [0, 0.1) is 0 Å². The molecule has 0 aromatic rings. The Morgan fingerprint density at radius 1 is 1.50 bits per heavy atom. The summed E-state index contributed by atoms with van der Waals surface area (Å²) in [5.41, 5.74) is 0. The van der Waals surface area contributed by atoms with Crippen molar-refractivity contribution in [1.29, 1.82) is 0 Å². The van der Waals surface area contributed by atoms with Crippen LogP contribution in [0.15, 0.2) is 4.40 Å². The summed E-state index contributed by atoms with van der Waals surface area (Å²) in [6.07, 6.45) is 0. The molecule has 0 aliphatic carbocycles. The van der Waals surface area contributed by atoms with Gasteiger partial charge in [-0.1, -0.05) is 0 Å². The summed E-state index contributed by atoms with van der Waals surface area (Å²) in [5, 5.41) is -0.171. The van der Waals surface area contributed by atoms with Crippen molar-refractivity contribution in [2.24, 2.45) is 4.40 Å². The zero-order valence-electron chi connectivity index (χ0n) is 5.38. The second-order valence-electron chi connectivity index (χ2n) is 1.67. The van der Waals surface area contributed by atoms with Gasteiger partial charge in [0.25, 0.3) is 0 Å². The van der Waals surface area contributed by atoms with Crippen LogP contribution >= 0.6 is 22.3 Å². The Morgan fingerprint density at radius 3 is 2.00 bits per heavy atom. The van der Waals surface area contributed by atoms with E-state index in [1.165, 1.54) is 4.90 Å². The Kier molecular flexibility index (Phi) is 3.41. The quantitative estimate of drug-likeness (QED) is 0.273. The molecule has 7 heteroatoms. The molecule has 0 rings (SSSR count). The Labute approximate surface area is 69.0 Å². The molecule has 0 saturated heterocycles. The van der Waals surface area contributed by atoms with Crippen molar-refractivity contribution >= 4 is 36.8 Å². The predicted octanol–water partition coefficient (Wildman–Crippen LogP) is 0.626. The van der Waals surface area contributed by atoms with Crippen molar-refractivity contribution in [2.45, 2.75) is 0 Å². The van der Waals surface area contributed by atoms with Crippen molar-refractivity contribution in [3.05, 3.63) is 0 Å². The van der Waals surface area contributed by atoms with Gasteiger partial charge in [0.05, 0.1) is 0 Å². The average Bonchev–Trinajstić information content (AvgIpc) is 1.60. The summed E-state index contributed by atoms with van der Waals surface area (Å²) in [7, 11) is 3.96. The molecule has 60 valence electrons. The number of amidine groups is 1. The Hall–Kier alpha value is -0.000000000000000111. The topological polar surface area (TPSA) is 49.7 Å². The van der Waals surface area contributed by atoms with Gasteiger partial charge in [-0.15, -0.1) is 4.40 Å². The van der Waals surface area contributed by atoms with Gasteiger partial charge >= 0.3 is 9.24 Å². The van der Waals surface area contributed by atoms with Gasteiger partial charge < -0.3 is 4.90 Å². The highest BCUT2D eigenvalue weighted by atomic mass is 35.7. The van der Waals surface area contributed by atoms with Crippen LogP contribution in [-0.4, -0.2) is 32.7 Å². The lowest BCUT2D eigenvalue weighted by molar-refractivity contribution is 0.606. The summed E-state index contributed by atoms with van der Waals surface area (Å²) < 4.78 is 23.4. The number of rotatable bonds is 1. The first-order chi connectivity index (χ1) is 4.33. The second kappa shape index (κ2) is 3.41. The standard InChI is InChI=1S/C3H6Cl2N2O2S/c1-7(2)3(4)6-10(5,8)9/h1-2H3. The molecule has 0 aromatic carbocycles. The van der Waals surface area contributed by atoms with Gasteiger partial charge in [0.2, 0.25) is 5.29 Å². The molecule has 0 radical (unpaired) electrons. The lowest BCUT2D eigenvalue weighted by atomic mass is 11.0. The number of nitrogens with zero attached hydrogens (tertiary/aromatic N) is 2. The Balaban J connectivity index is 4.49. The molecule has 10 heavy (non-hydrogen) atoms. The summed E-state index contributed by atoms with van der Waals surface area (Å²) in [5.74, 6) is 0. The highest BCUT2D eigenvalue weighted by Crippen LogP contribution is 2.01. The van der Waals surface area contributed by atoms with Crippen LogP contribution in [0.4, 0.5) is 0 Å². The molecule has 0 aliphatic rings. The number of hydrogen-bond donors (Lipinski definition) is 0. The van der Waals surface area contributed by atoms with E-state index in [4.69, 9.17) is 22.3 Å². The molecule has 0 bridgehead atoms. The van der Waals surface area contributed by atoms with Crippen molar-refractivity contribution < 1.29 is 8.42 Å². The van der Waals surface area contributed by atoms with Crippen LogP contribution in [0.3, 0.4) is 0 Å². The normalized spacial score (nSPS) is 13.4. The fourth-order valence-electron chi connectivity index (χ4n) is 0.172. The average molecular weight is 205 g/mol. The lowest BCUT2D eigenvalue weighted by Crippen LogP contribution is -2.16. The molecule has 4 nitrogen and oxygen atoms in total. The first kappa shape index (κ1) is 10.0. The van der Waals surface area contributed by atoms with Gasteiger partial charge in [0.15, 0.2) is 0 Å². The van der Waals surface area contributed by atoms with E-state index in [1.807, 2.05) is 0 Å². The van der Waals surface area contributed by atoms with E-state index >= 15 is 0 Å². The molecule has 0 heterocycles. The van der Waals surface area contributed by atoms with E-state index in [0.717, 1.165) is 0 Å². The van der Waals surface area contributed by atoms with Crippen LogP contribution in [-0.2, 0) is 9.24 Å². The maximum Gasteiger partial charge on any atom is 0.342 e. The van der Waals surface area contributed by atoms with Crippen LogP contribution in [0.2, 0.25) is 0 Å². The summed E-state index contributed by atoms with van der Waals surface area (Å²) in [6.45, 7) is 0. The number of hydrogen-bond acceptors (Lipinski definition) is 2. The van der Waals surface area contributed by atoms with Crippen molar-refractivity contribution in [1.82, 2.24) is 4.90 Å². The largest absolute Gasteiger partial charge is 0.352 e. The maximum absolute atomic E-state index is 10.2. The third-order valence-corrected chi connectivity index (χ3v) is 1.67. The van der Waals surface area contributed by atoms with Gasteiger partial charge in [-0.2, -0.15) is 8.42 Å². The Morgan fingerprint density at radius 2 is 1.90 bits per heavy atom. The fraction of sp³-hybridized carbons (Fsp3) is 0.667. The lowest BCUT2D eigenvalue weighted by Gasteiger charge is -2.06. The van der Waals surface area contributed by atoms with Gasteiger partial charge in [0, 0.05) is 24.8 Å². The van der Waals surface area contributed by atoms with Crippen molar-refractivity contribution in [2.75, 3.05) is 14.1 Å². The Bertz CT molecular complexity index is 233. The third kappa shape index (κ3) is 4.84. The predicted molar refractivity (Wildman–Crippen MR) is 41.7 cm³/mol. The first-order valence-corrected chi connectivity index (χ1v) is 4.85. The van der Waals surface area contributed by atoms with Crippen LogP contribution in [0.5, 0.6) is 0 Å². The van der Waals surface area contributed by atoms with E-state index < -0.39 is 9.24 Å². The number of halogens is 2. The summed E-state index contributed by atoms with van der Waals surface area (Å²) in [4.78, 5) is 1.32. The van der Waals surface area contributed by atoms with Gasteiger partial charge in [0.1, 0.15) is 0 Å². The van der Waals surface area contributed by atoms with E-state index in [1.54, 1.807) is 14.1 Å². The molecule has 0 atom stereocenters. The molecule has 0 fully saturated rings. The second-order valence-corrected chi connectivity index (χ2v) is 4.18. The smallest absolute Gasteiger partial charge is 0.342 e. The fourth-order valence-corrected chi connectivity index (χ4v) is 1.09. The summed E-state index contributed by atoms with van der Waals surface area (Å²) in [6, 6.07) is 0. The molecule has 0 spiro atoms. The zero-order chi connectivity index (χ0) is 8.36. The molecule has 0 aliphatic heterocycles. The zero-order valence-corrected chi connectivity index (χ0v) is 7.70. The molecule has 0 unspecified atom stereocenters. The third-order valence-electron chi connectivity index (χ3n) is 0.553. The SMILES string of the molecule is CN(C)C(Cl)=NS(=O)(=O)Cl. The molecule has 0 aromatic heterocycles. The molecule has 0 saturated carbocycles. The summed E-state index contributed by atoms with van der Waals surface area (Å²) >= 11 is 5.31. The minimum absolute atomic E-state index is 0.171. The molecule has 0 N–H and O–H groups in total. The highest BCUT2D eigenvalue weighted by molar-refractivity contribution is 8.12. The first-order valence-electron chi connectivity index (χ1n) is 2.20. The van der Waals surface area contributed by atoms with E-state index in [-0.39, 0.29) is 5.29 Å². The van der Waals surface area contributed by atoms with Gasteiger partial charge in [-0.3, -0.25) is 0 Å². The van der Waals surface area contributed by atoms with E-state index in [0.29, 0.717) is 0 Å². The van der Waals surface area contributed by atoms with E-state index in [2.05, 4.69) is 4.40 Å². The minimum atomic E-state index is -3.88. The molecular weight excluding hydrogens is 199 g/mol. The van der Waals surface area contributed by atoms with Crippen molar-refractivity contribution in [3.8, 4) is 0 Å². The van der Waals surface area contributed by atoms with Crippen LogP contribution < -0.4 is 0 Å². The van der Waals surface area contributed by atoms with Crippen molar-refractivity contribution in [3.63, 3.8) is 0 Å². The molecule has 0 amide bonds. The van der Waals surface area contributed by atoms with E-state index in [9.17, 15) is 8.42 Å². The minimum Gasteiger partial charge on any atom is -0.352 e. The van der Waals surface area contributed by atoms with Gasteiger partial charge in [-0.05, 0) is 11.6 Å². The van der Waals surface area contributed by atoms with Crippen LogP contribution in [0.25, 0.3) is 0 Å². The molecular formula is C3H6Cl2N2O2S.